The van der Waals surface area contributed by atoms with Gasteiger partial charge in [0.05, 0.1) is 37.0 Å². The van der Waals surface area contributed by atoms with Crippen molar-refractivity contribution in [3.8, 4) is 11.5 Å². The van der Waals surface area contributed by atoms with E-state index in [4.69, 9.17) is 14.2 Å². The van der Waals surface area contributed by atoms with Crippen LogP contribution >= 0.6 is 0 Å². The van der Waals surface area contributed by atoms with Gasteiger partial charge in [-0.15, -0.1) is 0 Å². The van der Waals surface area contributed by atoms with Gasteiger partial charge in [0.2, 0.25) is 0 Å². The Morgan fingerprint density at radius 2 is 2.00 bits per heavy atom. The van der Waals surface area contributed by atoms with Crippen LogP contribution < -0.4 is 26.0 Å². The van der Waals surface area contributed by atoms with E-state index in [0.29, 0.717) is 40.7 Å². The number of carbonyl (C=O) groups is 1. The molecule has 0 saturated heterocycles. The van der Waals surface area contributed by atoms with Crippen molar-refractivity contribution in [1.29, 1.82) is 0 Å². The molecule has 2 N–H and O–H groups in total. The number of benzene rings is 1. The lowest BCUT2D eigenvalue weighted by molar-refractivity contribution is -0.136. The summed E-state index contributed by atoms with van der Waals surface area (Å²) in [4.78, 5) is 40.6. The largest absolute Gasteiger partial charge is 0.497 e. The summed E-state index contributed by atoms with van der Waals surface area (Å²) in [5, 5.41) is 3.12. The van der Waals surface area contributed by atoms with E-state index in [1.165, 1.54) is 18.8 Å². The summed E-state index contributed by atoms with van der Waals surface area (Å²) in [6.45, 7) is 2.50. The van der Waals surface area contributed by atoms with Crippen molar-refractivity contribution in [3.63, 3.8) is 0 Å². The Bertz CT molecular complexity index is 1160. The van der Waals surface area contributed by atoms with Gasteiger partial charge in [0, 0.05) is 12.1 Å². The van der Waals surface area contributed by atoms with E-state index in [1.54, 1.807) is 18.2 Å². The molecule has 1 aromatic heterocycles. The second-order valence-electron chi connectivity index (χ2n) is 7.16. The molecule has 158 valence electrons. The first-order chi connectivity index (χ1) is 14.5. The summed E-state index contributed by atoms with van der Waals surface area (Å²) < 4.78 is 17.6. The predicted octanol–water partition coefficient (Wildman–Crippen LogP) is 1.72. The van der Waals surface area contributed by atoms with Crippen molar-refractivity contribution in [2.24, 2.45) is 0 Å². The first kappa shape index (κ1) is 19.8. The number of anilines is 1. The number of fused-ring (bicyclic) bond motifs is 1. The van der Waals surface area contributed by atoms with Gasteiger partial charge in [0.15, 0.2) is 0 Å². The quantitative estimate of drug-likeness (QED) is 0.694. The van der Waals surface area contributed by atoms with E-state index in [0.717, 1.165) is 12.8 Å². The highest BCUT2D eigenvalue weighted by Crippen LogP contribution is 2.45. The fourth-order valence-corrected chi connectivity index (χ4v) is 3.99. The summed E-state index contributed by atoms with van der Waals surface area (Å²) in [5.74, 6) is 0.141. The maximum Gasteiger partial charge on any atom is 0.337 e. The molecule has 9 heteroatoms. The molecule has 4 rings (SSSR count). The molecule has 2 aliphatic heterocycles. The van der Waals surface area contributed by atoms with E-state index < -0.39 is 23.1 Å². The standard InChI is InChI=1S/C21H23N3O6/c1-4-5-8-24-18-17(19(25)23-21(24)27)15(16-13(22-18)10-30-20(16)26)12-9-11(28-2)6-7-14(12)29-3/h6-7,9,15,22H,4-5,8,10H2,1-3H3,(H,23,25,27)/t15-/m0/s1. The molecule has 0 aliphatic carbocycles. The predicted molar refractivity (Wildman–Crippen MR) is 109 cm³/mol. The third kappa shape index (κ3) is 3.06. The highest BCUT2D eigenvalue weighted by Gasteiger charge is 2.42. The van der Waals surface area contributed by atoms with Crippen LogP contribution in [0.25, 0.3) is 0 Å². The number of methoxy groups -OCH3 is 2. The van der Waals surface area contributed by atoms with Crippen molar-refractivity contribution in [3.05, 3.63) is 61.4 Å². The Balaban J connectivity index is 2.03. The molecule has 0 unspecified atom stereocenters. The van der Waals surface area contributed by atoms with Crippen LogP contribution in [0.5, 0.6) is 11.5 Å². The van der Waals surface area contributed by atoms with Crippen LogP contribution in [0.2, 0.25) is 0 Å². The Morgan fingerprint density at radius 3 is 2.70 bits per heavy atom. The third-order valence-corrected chi connectivity index (χ3v) is 5.46. The molecule has 0 amide bonds. The molecular weight excluding hydrogens is 390 g/mol. The van der Waals surface area contributed by atoms with Crippen LogP contribution in [0.3, 0.4) is 0 Å². The van der Waals surface area contributed by atoms with E-state index in [1.807, 2.05) is 6.92 Å². The molecule has 3 heterocycles. The summed E-state index contributed by atoms with van der Waals surface area (Å²) in [5.41, 5.74) is 0.673. The van der Waals surface area contributed by atoms with Crippen LogP contribution in [0.4, 0.5) is 5.82 Å². The molecular formula is C21H23N3O6. The molecule has 2 aromatic rings. The summed E-state index contributed by atoms with van der Waals surface area (Å²) in [6.07, 6.45) is 1.64. The lowest BCUT2D eigenvalue weighted by Gasteiger charge is -2.29. The first-order valence-corrected chi connectivity index (χ1v) is 9.76. The number of nitrogens with zero attached hydrogens (tertiary/aromatic N) is 1. The lowest BCUT2D eigenvalue weighted by Crippen LogP contribution is -2.38. The second-order valence-corrected chi connectivity index (χ2v) is 7.16. The molecule has 0 radical (unpaired) electrons. The van der Waals surface area contributed by atoms with Gasteiger partial charge in [-0.25, -0.2) is 9.59 Å². The Labute approximate surface area is 172 Å². The van der Waals surface area contributed by atoms with E-state index in [2.05, 4.69) is 10.3 Å². The minimum atomic E-state index is -0.770. The van der Waals surface area contributed by atoms with Gasteiger partial charge in [0.1, 0.15) is 23.9 Å². The van der Waals surface area contributed by atoms with Crippen LogP contribution in [-0.4, -0.2) is 36.3 Å². The van der Waals surface area contributed by atoms with Crippen molar-refractivity contribution < 1.29 is 19.0 Å². The van der Waals surface area contributed by atoms with Crippen LogP contribution in [-0.2, 0) is 16.1 Å². The number of aromatic nitrogens is 2. The average molecular weight is 413 g/mol. The van der Waals surface area contributed by atoms with Crippen LogP contribution in [0, 0.1) is 0 Å². The summed E-state index contributed by atoms with van der Waals surface area (Å²) in [6, 6.07) is 5.19. The number of hydrogen-bond donors (Lipinski definition) is 2. The third-order valence-electron chi connectivity index (χ3n) is 5.46. The van der Waals surface area contributed by atoms with Gasteiger partial charge < -0.3 is 19.5 Å². The number of ether oxygens (including phenoxy) is 3. The molecule has 1 aromatic carbocycles. The molecule has 0 bridgehead atoms. The molecule has 0 spiro atoms. The fourth-order valence-electron chi connectivity index (χ4n) is 3.99. The minimum Gasteiger partial charge on any atom is -0.497 e. The smallest absolute Gasteiger partial charge is 0.337 e. The molecule has 0 saturated carbocycles. The SMILES string of the molecule is CCCCn1c2c(c(=O)[nH]c1=O)[C@@H](c1cc(OC)ccc1OC)C1=C(COC1=O)N2. The highest BCUT2D eigenvalue weighted by atomic mass is 16.5. The van der Waals surface area contributed by atoms with Gasteiger partial charge in [-0.05, 0) is 24.6 Å². The average Bonchev–Trinajstić information content (AvgIpc) is 3.12. The zero-order chi connectivity index (χ0) is 21.4. The Morgan fingerprint density at radius 1 is 1.20 bits per heavy atom. The zero-order valence-corrected chi connectivity index (χ0v) is 17.0. The van der Waals surface area contributed by atoms with Crippen LogP contribution in [0.1, 0.15) is 36.8 Å². The number of H-pyrrole nitrogens is 1. The Kier molecular flexibility index (Phi) is 5.11. The first-order valence-electron chi connectivity index (χ1n) is 9.76. The molecule has 2 aliphatic rings. The number of unbranched alkanes of at least 4 members (excludes halogenated alkanes) is 1. The number of hydrogen-bond acceptors (Lipinski definition) is 7. The van der Waals surface area contributed by atoms with E-state index in [-0.39, 0.29) is 12.2 Å². The highest BCUT2D eigenvalue weighted by molar-refractivity contribution is 5.97. The van der Waals surface area contributed by atoms with E-state index >= 15 is 0 Å². The lowest BCUT2D eigenvalue weighted by atomic mass is 9.82. The van der Waals surface area contributed by atoms with Gasteiger partial charge in [-0.1, -0.05) is 13.3 Å². The van der Waals surface area contributed by atoms with Crippen LogP contribution in [0.15, 0.2) is 39.1 Å². The topological polar surface area (TPSA) is 112 Å². The minimum absolute atomic E-state index is 0.0468. The van der Waals surface area contributed by atoms with Crippen molar-refractivity contribution >= 4 is 11.8 Å². The molecule has 1 atom stereocenters. The Hall–Kier alpha value is -3.49. The fraction of sp³-hybridized carbons (Fsp3) is 0.381. The zero-order valence-electron chi connectivity index (χ0n) is 17.0. The summed E-state index contributed by atoms with van der Waals surface area (Å²) in [7, 11) is 3.05. The molecule has 9 nitrogen and oxygen atoms in total. The number of carbonyl (C=O) groups excluding carboxylic acids is 1. The summed E-state index contributed by atoms with van der Waals surface area (Å²) >= 11 is 0. The van der Waals surface area contributed by atoms with Gasteiger partial charge in [-0.3, -0.25) is 14.3 Å². The number of esters is 1. The number of nitrogens with one attached hydrogen (secondary N) is 2. The van der Waals surface area contributed by atoms with Crippen molar-refractivity contribution in [1.82, 2.24) is 9.55 Å². The van der Waals surface area contributed by atoms with Gasteiger partial charge >= 0.3 is 11.7 Å². The molecule has 30 heavy (non-hydrogen) atoms. The number of cyclic esters (lactones) is 1. The number of aromatic amines is 1. The maximum absolute atomic E-state index is 13.0. The molecule has 0 fully saturated rings. The second kappa shape index (κ2) is 7.74. The van der Waals surface area contributed by atoms with Gasteiger partial charge in [-0.2, -0.15) is 0 Å². The van der Waals surface area contributed by atoms with E-state index in [9.17, 15) is 14.4 Å². The maximum atomic E-state index is 13.0. The normalized spacial score (nSPS) is 17.2. The van der Waals surface area contributed by atoms with Gasteiger partial charge in [0.25, 0.3) is 5.56 Å². The van der Waals surface area contributed by atoms with Crippen molar-refractivity contribution in [2.45, 2.75) is 32.2 Å². The monoisotopic (exact) mass is 413 g/mol. The number of rotatable bonds is 6. The van der Waals surface area contributed by atoms with Crippen molar-refractivity contribution in [2.75, 3.05) is 26.1 Å².